The Morgan fingerprint density at radius 1 is 0.322 bits per heavy atom. The van der Waals surface area contributed by atoms with Gasteiger partial charge in [-0.2, -0.15) is 0 Å². The van der Waals surface area contributed by atoms with Crippen molar-refractivity contribution in [2.75, 3.05) is 0 Å². The average Bonchev–Trinajstić information content (AvgIpc) is 1.67. The minimum Gasteiger partial charge on any atom is -0.405 e. The van der Waals surface area contributed by atoms with E-state index >= 15 is 0 Å². The average molecular weight is 1290 g/mol. The first-order chi connectivity index (χ1) is 42.9. The molecule has 15 rings (SSSR count). The summed E-state index contributed by atoms with van der Waals surface area (Å²) in [6.07, 6.45) is 0. The first kappa shape index (κ1) is 61.6. The molecule has 0 aliphatic carbocycles. The van der Waals surface area contributed by atoms with E-state index in [1.807, 2.05) is 73.6 Å². The van der Waals surface area contributed by atoms with E-state index in [0.717, 1.165) is 86.8 Å². The highest BCUT2D eigenvalue weighted by atomic mass is 79.9. The summed E-state index contributed by atoms with van der Waals surface area (Å²) in [7, 11) is -1.34. The van der Waals surface area contributed by atoms with E-state index in [1.165, 1.54) is 31.3 Å². The molecule has 8 aromatic carbocycles. The Hall–Kier alpha value is -7.21. The number of halogens is 1. The van der Waals surface area contributed by atoms with Crippen LogP contribution in [0.3, 0.4) is 0 Å². The lowest BCUT2D eigenvalue weighted by atomic mass is 9.49. The zero-order chi connectivity index (χ0) is 63.0. The summed E-state index contributed by atoms with van der Waals surface area (Å²) in [5.41, 5.74) is 11.6. The van der Waals surface area contributed by atoms with Gasteiger partial charge >= 0.3 is 21.1 Å². The van der Waals surface area contributed by atoms with E-state index in [0.29, 0.717) is 0 Å². The molecule has 0 spiro atoms. The van der Waals surface area contributed by atoms with E-state index in [1.54, 1.807) is 22.7 Å². The van der Waals surface area contributed by atoms with Gasteiger partial charge < -0.3 is 27.9 Å². The number of benzene rings is 8. The summed E-state index contributed by atoms with van der Waals surface area (Å²) < 4.78 is 42.2. The normalized spacial score (nSPS) is 17.6. The number of hydrogen-bond acceptors (Lipinski definition) is 12. The maximum absolute atomic E-state index is 6.29. The van der Waals surface area contributed by atoms with Crippen LogP contribution in [0.15, 0.2) is 211 Å². The van der Waals surface area contributed by atoms with Crippen molar-refractivity contribution in [2.24, 2.45) is 0 Å². The van der Waals surface area contributed by atoms with Gasteiger partial charge in [-0.3, -0.25) is 0 Å². The summed E-state index contributed by atoms with van der Waals surface area (Å²) in [4.78, 5) is 20.3. The predicted molar refractivity (Wildman–Crippen MR) is 378 cm³/mol. The molecule has 0 saturated carbocycles. The van der Waals surface area contributed by atoms with Gasteiger partial charge in [0.15, 0.2) is 11.6 Å². The van der Waals surface area contributed by atoms with Crippen LogP contribution in [0.2, 0.25) is 0 Å². The van der Waals surface area contributed by atoms with Crippen LogP contribution in [0.4, 0.5) is 0 Å². The highest BCUT2D eigenvalue weighted by Crippen LogP contribution is 2.45. The fraction of sp³-hybridized carbons (Fsp3) is 0.243. The monoisotopic (exact) mass is 1290 g/mol. The van der Waals surface area contributed by atoms with Crippen molar-refractivity contribution in [1.82, 2.24) is 19.9 Å². The zero-order valence-electron chi connectivity index (χ0n) is 52.8. The zero-order valence-corrected chi connectivity index (χ0v) is 56.0. The van der Waals surface area contributed by atoms with Gasteiger partial charge in [0.25, 0.3) is 0 Å². The van der Waals surface area contributed by atoms with Crippen LogP contribution >= 0.6 is 38.6 Å². The van der Waals surface area contributed by atoms with E-state index in [-0.39, 0.29) is 40.7 Å². The van der Waals surface area contributed by atoms with Gasteiger partial charge in [-0.25, -0.2) is 19.9 Å². The molecule has 0 amide bonds. The molecule has 90 heavy (non-hydrogen) atoms. The fourth-order valence-electron chi connectivity index (χ4n) is 11.2. The number of fused-ring (bicyclic) bond motifs is 6. The van der Waals surface area contributed by atoms with Gasteiger partial charge in [-0.05, 0) is 135 Å². The summed E-state index contributed by atoms with van der Waals surface area (Å²) in [5, 5.41) is 2.35. The van der Waals surface area contributed by atoms with Gasteiger partial charge in [0, 0.05) is 46.9 Å². The molecule has 4 aromatic heterocycles. The lowest BCUT2D eigenvalue weighted by molar-refractivity contribution is 0.00578. The largest absolute Gasteiger partial charge is 0.494 e. The first-order valence-corrected chi connectivity index (χ1v) is 33.0. The van der Waals surface area contributed by atoms with Crippen LogP contribution in [0, 0.1) is 0 Å². The summed E-state index contributed by atoms with van der Waals surface area (Å²) in [6.45, 7) is 24.5. The predicted octanol–water partition coefficient (Wildman–Crippen LogP) is 19.0. The molecule has 16 heteroatoms. The highest BCUT2D eigenvalue weighted by Gasteiger charge is 2.64. The molecular formula is C74H70B3BrN4O6S2. The maximum atomic E-state index is 6.29. The highest BCUT2D eigenvalue weighted by molar-refractivity contribution is 9.10. The number of aromatic nitrogens is 4. The lowest BCUT2D eigenvalue weighted by Gasteiger charge is -2.32. The molecule has 0 bridgehead atoms. The van der Waals surface area contributed by atoms with Crippen LogP contribution in [0.25, 0.3) is 108 Å². The van der Waals surface area contributed by atoms with Gasteiger partial charge in [-0.1, -0.05) is 198 Å². The smallest absolute Gasteiger partial charge is 0.405 e. The van der Waals surface area contributed by atoms with Crippen molar-refractivity contribution >= 4 is 106 Å². The molecule has 3 aliphatic heterocycles. The second kappa shape index (κ2) is 23.8. The van der Waals surface area contributed by atoms with E-state index in [4.69, 9.17) is 47.9 Å². The van der Waals surface area contributed by atoms with Crippen molar-refractivity contribution < 1.29 is 27.9 Å². The molecular weight excluding hydrogens is 1220 g/mol. The van der Waals surface area contributed by atoms with E-state index in [2.05, 4.69) is 232 Å². The summed E-state index contributed by atoms with van der Waals surface area (Å²) in [6, 6.07) is 71.4. The van der Waals surface area contributed by atoms with Crippen molar-refractivity contribution in [3.05, 3.63) is 211 Å². The van der Waals surface area contributed by atoms with Gasteiger partial charge in [0.2, 0.25) is 0 Å². The Labute approximate surface area is 544 Å². The Morgan fingerprint density at radius 2 is 0.667 bits per heavy atom. The number of rotatable bonds is 8. The van der Waals surface area contributed by atoms with Crippen LogP contribution < -0.4 is 5.46 Å². The van der Waals surface area contributed by atoms with E-state index in [9.17, 15) is 0 Å². The third-order valence-corrected chi connectivity index (χ3v) is 21.3. The van der Waals surface area contributed by atoms with Gasteiger partial charge in [-0.15, -0.1) is 22.7 Å². The maximum Gasteiger partial charge on any atom is 0.494 e. The quantitative estimate of drug-likeness (QED) is 0.137. The Kier molecular flexibility index (Phi) is 16.3. The molecule has 0 atom stereocenters. The van der Waals surface area contributed by atoms with Crippen molar-refractivity contribution in [3.8, 4) is 67.5 Å². The molecule has 3 aliphatic rings. The SMILES string of the molecule is Brc1cccc(-c2ccc(-c3nc(-c4ccccc4)c4sc5ccccc5c4n3)cc2)c1.CC1(C)OB(B2OC(C)(C)C(C)(C)O2)OC1(C)C.CC1(C)OB(c2cccc(-c3ccc(-c4nc(-c5ccccc5)c5sc6ccccc6c5n4)cc3)c2)OC1(C)C. The molecule has 0 unspecified atom stereocenters. The molecule has 450 valence electrons. The van der Waals surface area contributed by atoms with Crippen molar-refractivity contribution in [2.45, 2.75) is 117 Å². The molecule has 7 heterocycles. The molecule has 3 saturated heterocycles. The Morgan fingerprint density at radius 3 is 1.08 bits per heavy atom. The molecule has 10 nitrogen and oxygen atoms in total. The topological polar surface area (TPSA) is 107 Å². The number of thiophene rings is 2. The minimum atomic E-state index is -0.476. The van der Waals surface area contributed by atoms with E-state index < -0.39 is 14.0 Å². The number of nitrogens with zero attached hydrogens (tertiary/aromatic N) is 4. The fourth-order valence-corrected chi connectivity index (χ4v) is 13.9. The van der Waals surface area contributed by atoms with Crippen LogP contribution in [-0.2, 0) is 27.9 Å². The minimum absolute atomic E-state index is 0.360. The van der Waals surface area contributed by atoms with Crippen molar-refractivity contribution in [3.63, 3.8) is 0 Å². The molecule has 12 aromatic rings. The Bertz CT molecular complexity index is 4540. The second-order valence-electron chi connectivity index (χ2n) is 26.2. The standard InChI is InChI=1S/C34H29BN2O2S.C28H17BrN2S.C12H24B2O4/c1-33(2)34(3,4)39-35(38-33)26-14-10-13-25(21-26)22-17-19-24(20-18-22)32-36-29(23-11-6-5-7-12-23)31-30(37-32)27-15-8-9-16-28(27)40-31;29-22-10-6-9-21(17-22)18-13-15-20(16-14-18)28-30-25(19-7-2-1-3-8-19)27-26(31-28)23-11-4-5-12-24(23)32-27;1-9(2)10(3,4)16-13(15-9)14-17-11(5,6)12(7,8)18-14/h5-21H,1-4H3;1-17H;1-8H3. The van der Waals surface area contributed by atoms with Gasteiger partial charge in [0.1, 0.15) is 0 Å². The molecule has 0 N–H and O–H groups in total. The first-order valence-electron chi connectivity index (χ1n) is 30.6. The summed E-state index contributed by atoms with van der Waals surface area (Å²) >= 11 is 7.07. The van der Waals surface area contributed by atoms with Gasteiger partial charge in [0.05, 0.1) is 65.4 Å². The lowest BCUT2D eigenvalue weighted by Crippen LogP contribution is -2.41. The van der Waals surface area contributed by atoms with Crippen LogP contribution in [0.1, 0.15) is 83.1 Å². The Balaban J connectivity index is 0.000000133. The van der Waals surface area contributed by atoms with Crippen molar-refractivity contribution in [1.29, 1.82) is 0 Å². The molecule has 3 fully saturated rings. The third kappa shape index (κ3) is 11.9. The molecule has 0 radical (unpaired) electrons. The van der Waals surface area contributed by atoms with Crippen LogP contribution in [-0.4, -0.2) is 74.7 Å². The summed E-state index contributed by atoms with van der Waals surface area (Å²) in [5.74, 6) is 1.48. The van der Waals surface area contributed by atoms with Crippen LogP contribution in [0.5, 0.6) is 0 Å². The second-order valence-corrected chi connectivity index (χ2v) is 29.2. The number of hydrogen-bond donors (Lipinski definition) is 0. The third-order valence-electron chi connectivity index (χ3n) is 18.5.